The molecule has 5 rings (SSSR count). The molecule has 0 aliphatic heterocycles. The second-order valence-corrected chi connectivity index (χ2v) is 9.15. The van der Waals surface area contributed by atoms with E-state index < -0.39 is 0 Å². The number of para-hydroxylation sites is 1. The first kappa shape index (κ1) is 19.3. The van der Waals surface area contributed by atoms with Gasteiger partial charge in [-0.05, 0) is 68.8 Å². The lowest BCUT2D eigenvalue weighted by atomic mass is 9.49. The molecule has 0 aromatic heterocycles. The van der Waals surface area contributed by atoms with Crippen LogP contribution in [0.25, 0.3) is 0 Å². The Kier molecular flexibility index (Phi) is 5.61. The summed E-state index contributed by atoms with van der Waals surface area (Å²) in [4.78, 5) is 25.0. The third-order valence-corrected chi connectivity index (χ3v) is 7.05. The highest BCUT2D eigenvalue weighted by molar-refractivity contribution is 5.83. The van der Waals surface area contributed by atoms with E-state index in [0.29, 0.717) is 25.9 Å². The molecule has 4 fully saturated rings. The number of carbonyl (C=O) groups is 2. The minimum atomic E-state index is -0.0964. The number of methoxy groups -OCH3 is 1. The summed E-state index contributed by atoms with van der Waals surface area (Å²) in [6.07, 6.45) is 8.40. The van der Waals surface area contributed by atoms with Gasteiger partial charge in [0.1, 0.15) is 5.75 Å². The Morgan fingerprint density at radius 2 is 1.68 bits per heavy atom. The molecule has 28 heavy (non-hydrogen) atoms. The number of amides is 2. The molecule has 5 heteroatoms. The minimum absolute atomic E-state index is 0.00922. The summed E-state index contributed by atoms with van der Waals surface area (Å²) in [5, 5.41) is 6.09. The third kappa shape index (κ3) is 4.03. The lowest BCUT2D eigenvalue weighted by molar-refractivity contribution is -0.146. The highest BCUT2D eigenvalue weighted by Gasteiger charge is 2.54. The van der Waals surface area contributed by atoms with Crippen LogP contribution in [-0.2, 0) is 16.1 Å². The Balaban J connectivity index is 1.18. The molecule has 4 aliphatic rings. The molecule has 0 atom stereocenters. The van der Waals surface area contributed by atoms with Crippen LogP contribution >= 0.6 is 0 Å². The van der Waals surface area contributed by atoms with Gasteiger partial charge in [0.05, 0.1) is 7.11 Å². The first-order valence-corrected chi connectivity index (χ1v) is 10.7. The lowest BCUT2D eigenvalue weighted by Crippen LogP contribution is -2.53. The van der Waals surface area contributed by atoms with Gasteiger partial charge in [-0.25, -0.2) is 0 Å². The fraction of sp³-hybridized carbons (Fsp3) is 0.652. The summed E-state index contributed by atoms with van der Waals surface area (Å²) in [5.41, 5.74) is 0.870. The molecule has 4 bridgehead atoms. The Labute approximate surface area is 167 Å². The molecular weight excluding hydrogens is 352 g/mol. The van der Waals surface area contributed by atoms with Crippen LogP contribution in [0.3, 0.4) is 0 Å². The summed E-state index contributed by atoms with van der Waals surface area (Å²) in [6, 6.07) is 7.69. The predicted octanol–water partition coefficient (Wildman–Crippen LogP) is 3.42. The predicted molar refractivity (Wildman–Crippen MR) is 108 cm³/mol. The molecule has 4 saturated carbocycles. The number of hydrogen-bond acceptors (Lipinski definition) is 3. The molecule has 0 radical (unpaired) electrons. The van der Waals surface area contributed by atoms with E-state index in [0.717, 1.165) is 48.3 Å². The van der Waals surface area contributed by atoms with E-state index in [1.807, 2.05) is 24.3 Å². The molecule has 0 spiro atoms. The van der Waals surface area contributed by atoms with Gasteiger partial charge in [0.15, 0.2) is 0 Å². The molecule has 0 saturated heterocycles. The van der Waals surface area contributed by atoms with Crippen LogP contribution < -0.4 is 15.4 Å². The second-order valence-electron chi connectivity index (χ2n) is 9.15. The van der Waals surface area contributed by atoms with E-state index in [2.05, 4.69) is 10.6 Å². The fourth-order valence-corrected chi connectivity index (χ4v) is 6.16. The van der Waals surface area contributed by atoms with Gasteiger partial charge in [0, 0.05) is 30.5 Å². The number of rotatable bonds is 8. The Bertz CT molecular complexity index is 695. The zero-order valence-corrected chi connectivity index (χ0v) is 16.8. The van der Waals surface area contributed by atoms with Gasteiger partial charge in [-0.1, -0.05) is 18.2 Å². The summed E-state index contributed by atoms with van der Waals surface area (Å²) in [6.45, 7) is 1.05. The van der Waals surface area contributed by atoms with Gasteiger partial charge in [-0.2, -0.15) is 0 Å². The van der Waals surface area contributed by atoms with Crippen LogP contribution in [0.1, 0.15) is 56.9 Å². The summed E-state index contributed by atoms with van der Waals surface area (Å²) >= 11 is 0. The largest absolute Gasteiger partial charge is 0.496 e. The van der Waals surface area contributed by atoms with Crippen LogP contribution in [-0.4, -0.2) is 25.5 Å². The van der Waals surface area contributed by atoms with Crippen LogP contribution in [0.5, 0.6) is 5.75 Å². The average Bonchev–Trinajstić information content (AvgIpc) is 2.68. The number of ether oxygens (including phenoxy) is 1. The maximum absolute atomic E-state index is 12.9. The highest BCUT2D eigenvalue weighted by atomic mass is 16.5. The Morgan fingerprint density at radius 3 is 2.32 bits per heavy atom. The fourth-order valence-electron chi connectivity index (χ4n) is 6.16. The zero-order chi connectivity index (χ0) is 19.6. The quantitative estimate of drug-likeness (QED) is 0.675. The van der Waals surface area contributed by atoms with E-state index in [1.54, 1.807) is 7.11 Å². The molecular formula is C23H32N2O3. The van der Waals surface area contributed by atoms with Crippen LogP contribution in [0, 0.1) is 23.2 Å². The summed E-state index contributed by atoms with van der Waals surface area (Å²) in [7, 11) is 1.63. The molecule has 0 heterocycles. The SMILES string of the molecule is COc1ccccc1CNC(=O)CCCNC(=O)C12CC3CC(CC(C3)C1)C2. The number of carbonyl (C=O) groups excluding carboxylic acids is 2. The van der Waals surface area contributed by atoms with Crippen molar-refractivity contribution in [1.82, 2.24) is 10.6 Å². The standard InChI is InChI=1S/C23H32N2O3/c1-28-20-6-3-2-5-19(20)15-25-21(26)7-4-8-24-22(27)23-12-16-9-17(13-23)11-18(10-16)14-23/h2-3,5-6,16-18H,4,7-15H2,1H3,(H,24,27)(H,25,26). The van der Waals surface area contributed by atoms with Gasteiger partial charge in [0.2, 0.25) is 11.8 Å². The van der Waals surface area contributed by atoms with Crippen molar-refractivity contribution < 1.29 is 14.3 Å². The van der Waals surface area contributed by atoms with Crippen molar-refractivity contribution in [2.75, 3.05) is 13.7 Å². The van der Waals surface area contributed by atoms with Crippen LogP contribution in [0.4, 0.5) is 0 Å². The smallest absolute Gasteiger partial charge is 0.226 e. The average molecular weight is 385 g/mol. The first-order valence-electron chi connectivity index (χ1n) is 10.7. The van der Waals surface area contributed by atoms with E-state index >= 15 is 0 Å². The molecule has 4 aliphatic carbocycles. The van der Waals surface area contributed by atoms with E-state index in [9.17, 15) is 9.59 Å². The van der Waals surface area contributed by atoms with Crippen molar-refractivity contribution >= 4 is 11.8 Å². The zero-order valence-electron chi connectivity index (χ0n) is 16.8. The normalized spacial score (nSPS) is 30.1. The summed E-state index contributed by atoms with van der Waals surface area (Å²) < 4.78 is 5.30. The first-order chi connectivity index (χ1) is 13.6. The number of nitrogens with one attached hydrogen (secondary N) is 2. The van der Waals surface area contributed by atoms with Crippen LogP contribution in [0.15, 0.2) is 24.3 Å². The molecule has 2 N–H and O–H groups in total. The van der Waals surface area contributed by atoms with Crippen molar-refractivity contribution in [2.45, 2.75) is 57.9 Å². The maximum atomic E-state index is 12.9. The number of benzene rings is 1. The Hall–Kier alpha value is -2.04. The highest BCUT2D eigenvalue weighted by Crippen LogP contribution is 2.60. The van der Waals surface area contributed by atoms with Crippen molar-refractivity contribution in [3.05, 3.63) is 29.8 Å². The lowest BCUT2D eigenvalue weighted by Gasteiger charge is -2.55. The molecule has 152 valence electrons. The monoisotopic (exact) mass is 384 g/mol. The molecule has 0 unspecified atom stereocenters. The topological polar surface area (TPSA) is 67.4 Å². The molecule has 2 amide bonds. The minimum Gasteiger partial charge on any atom is -0.496 e. The van der Waals surface area contributed by atoms with Crippen molar-refractivity contribution in [3.8, 4) is 5.75 Å². The Morgan fingerprint density at radius 1 is 1.04 bits per heavy atom. The van der Waals surface area contributed by atoms with Crippen molar-refractivity contribution in [2.24, 2.45) is 23.2 Å². The molecule has 1 aromatic carbocycles. The number of hydrogen-bond donors (Lipinski definition) is 2. The van der Waals surface area contributed by atoms with E-state index in [1.165, 1.54) is 19.3 Å². The van der Waals surface area contributed by atoms with E-state index in [-0.39, 0.29) is 17.2 Å². The van der Waals surface area contributed by atoms with E-state index in [4.69, 9.17) is 4.74 Å². The van der Waals surface area contributed by atoms with Gasteiger partial charge in [-0.3, -0.25) is 9.59 Å². The van der Waals surface area contributed by atoms with Crippen molar-refractivity contribution in [3.63, 3.8) is 0 Å². The summed E-state index contributed by atoms with van der Waals surface area (Å²) in [5.74, 6) is 3.37. The van der Waals surface area contributed by atoms with Gasteiger partial charge < -0.3 is 15.4 Å². The van der Waals surface area contributed by atoms with Gasteiger partial charge in [0.25, 0.3) is 0 Å². The van der Waals surface area contributed by atoms with Gasteiger partial charge in [-0.15, -0.1) is 0 Å². The van der Waals surface area contributed by atoms with Crippen LogP contribution in [0.2, 0.25) is 0 Å². The third-order valence-electron chi connectivity index (χ3n) is 7.05. The molecule has 5 nitrogen and oxygen atoms in total. The molecule has 1 aromatic rings. The maximum Gasteiger partial charge on any atom is 0.226 e. The van der Waals surface area contributed by atoms with Gasteiger partial charge >= 0.3 is 0 Å². The second kappa shape index (κ2) is 8.14. The van der Waals surface area contributed by atoms with Crippen molar-refractivity contribution in [1.29, 1.82) is 0 Å².